The number of fused-ring (bicyclic) bond motifs is 2. The number of methoxy groups -OCH3 is 1. The number of nitrogens with zero attached hydrogens (tertiary/aromatic N) is 5. The Morgan fingerprint density at radius 2 is 2.03 bits per heavy atom. The van der Waals surface area contributed by atoms with Gasteiger partial charge in [0.25, 0.3) is 0 Å². The quantitative estimate of drug-likeness (QED) is 0.386. The first-order valence-corrected chi connectivity index (χ1v) is 11.3. The molecule has 0 bridgehead atoms. The molecule has 4 aromatic heterocycles. The summed E-state index contributed by atoms with van der Waals surface area (Å²) in [7, 11) is 1.68. The van der Waals surface area contributed by atoms with Crippen molar-refractivity contribution in [1.29, 1.82) is 0 Å². The maximum Gasteiger partial charge on any atom is 0.181 e. The Kier molecular flexibility index (Phi) is 5.20. The molecule has 2 N–H and O–H groups in total. The zero-order valence-corrected chi connectivity index (χ0v) is 19.2. The van der Waals surface area contributed by atoms with Crippen LogP contribution >= 0.6 is 11.6 Å². The van der Waals surface area contributed by atoms with Gasteiger partial charge in [-0.2, -0.15) is 0 Å². The topological polar surface area (TPSA) is 92.6 Å². The third kappa shape index (κ3) is 3.59. The Labute approximate surface area is 200 Å². The van der Waals surface area contributed by atoms with Gasteiger partial charge in [-0.1, -0.05) is 11.6 Å². The molecular formula is C24H22ClN7O2. The number of anilines is 3. The number of halogens is 1. The molecule has 5 heterocycles. The maximum absolute atomic E-state index is 6.73. The molecule has 10 heteroatoms. The van der Waals surface area contributed by atoms with E-state index in [4.69, 9.17) is 26.1 Å². The molecular weight excluding hydrogens is 454 g/mol. The van der Waals surface area contributed by atoms with Crippen molar-refractivity contribution in [2.24, 2.45) is 0 Å². The zero-order valence-electron chi connectivity index (χ0n) is 18.5. The number of morpholine rings is 1. The molecule has 0 unspecified atom stereocenters. The summed E-state index contributed by atoms with van der Waals surface area (Å²) in [6.45, 7) is 3.08. The summed E-state index contributed by atoms with van der Waals surface area (Å²) in [6, 6.07) is 9.94. The summed E-state index contributed by atoms with van der Waals surface area (Å²) >= 11 is 6.73. The number of hydrogen-bond donors (Lipinski definition) is 2. The molecule has 5 aromatic rings. The second-order valence-corrected chi connectivity index (χ2v) is 8.32. The van der Waals surface area contributed by atoms with Gasteiger partial charge in [0, 0.05) is 55.2 Å². The van der Waals surface area contributed by atoms with Crippen LogP contribution < -0.4 is 15.0 Å². The monoisotopic (exact) mass is 475 g/mol. The van der Waals surface area contributed by atoms with Crippen LogP contribution in [-0.4, -0.2) is 57.7 Å². The van der Waals surface area contributed by atoms with Crippen LogP contribution in [0.2, 0.25) is 5.15 Å². The molecule has 1 saturated heterocycles. The Bertz CT molecular complexity index is 1490. The average Bonchev–Trinajstić information content (AvgIpc) is 3.56. The largest absolute Gasteiger partial charge is 0.495 e. The average molecular weight is 476 g/mol. The fraction of sp³-hybridized carbons (Fsp3) is 0.208. The van der Waals surface area contributed by atoms with Gasteiger partial charge in [0.2, 0.25) is 0 Å². The number of benzene rings is 1. The van der Waals surface area contributed by atoms with Crippen molar-refractivity contribution in [3.63, 3.8) is 0 Å². The molecule has 0 amide bonds. The number of ether oxygens (including phenoxy) is 2. The van der Waals surface area contributed by atoms with Gasteiger partial charge in [0.1, 0.15) is 16.6 Å². The van der Waals surface area contributed by atoms with Gasteiger partial charge in [-0.25, -0.2) is 9.97 Å². The van der Waals surface area contributed by atoms with Crippen LogP contribution in [-0.2, 0) is 4.74 Å². The molecule has 0 spiro atoms. The predicted octanol–water partition coefficient (Wildman–Crippen LogP) is 4.51. The first-order valence-electron chi connectivity index (χ1n) is 10.9. The molecule has 0 radical (unpaired) electrons. The standard InChI is InChI=1S/C24H22ClN7O2/c1-33-20-13-16(2-3-19(20)31-8-10-34-11-9-31)29-23-24-27-6-7-32(24)22(25)21(30-23)15-12-18-17(28-14-15)4-5-26-18/h2-7,12-14,26H,8-11H2,1H3,(H,29,30). The lowest BCUT2D eigenvalue weighted by atomic mass is 10.2. The lowest BCUT2D eigenvalue weighted by molar-refractivity contribution is 0.122. The first kappa shape index (κ1) is 20.8. The number of H-pyrrole nitrogens is 1. The van der Waals surface area contributed by atoms with E-state index in [2.05, 4.69) is 31.2 Å². The Balaban J connectivity index is 1.40. The summed E-state index contributed by atoms with van der Waals surface area (Å²) in [5.41, 5.74) is 5.71. The highest BCUT2D eigenvalue weighted by molar-refractivity contribution is 6.32. The van der Waals surface area contributed by atoms with Crippen molar-refractivity contribution in [3.05, 3.63) is 60.3 Å². The van der Waals surface area contributed by atoms with E-state index >= 15 is 0 Å². The lowest BCUT2D eigenvalue weighted by Gasteiger charge is -2.30. The second kappa shape index (κ2) is 8.51. The van der Waals surface area contributed by atoms with E-state index in [1.54, 1.807) is 19.5 Å². The van der Waals surface area contributed by atoms with Crippen molar-refractivity contribution in [2.75, 3.05) is 43.6 Å². The van der Waals surface area contributed by atoms with E-state index in [0.29, 0.717) is 35.5 Å². The smallest absolute Gasteiger partial charge is 0.181 e. The number of pyridine rings is 1. The summed E-state index contributed by atoms with van der Waals surface area (Å²) in [4.78, 5) is 19.3. The summed E-state index contributed by atoms with van der Waals surface area (Å²) in [6.07, 6.45) is 7.15. The molecule has 172 valence electrons. The number of aromatic amines is 1. The minimum Gasteiger partial charge on any atom is -0.495 e. The molecule has 0 atom stereocenters. The van der Waals surface area contributed by atoms with Gasteiger partial charge < -0.3 is 24.7 Å². The number of aromatic nitrogens is 5. The summed E-state index contributed by atoms with van der Waals surface area (Å²) < 4.78 is 13.0. The Hall–Kier alpha value is -3.82. The zero-order chi connectivity index (χ0) is 23.1. The predicted molar refractivity (Wildman–Crippen MR) is 132 cm³/mol. The molecule has 9 nitrogen and oxygen atoms in total. The minimum atomic E-state index is 0.464. The van der Waals surface area contributed by atoms with E-state index in [1.165, 1.54) is 0 Å². The van der Waals surface area contributed by atoms with E-state index < -0.39 is 0 Å². The Morgan fingerprint density at radius 3 is 2.88 bits per heavy atom. The van der Waals surface area contributed by atoms with Crippen LogP contribution in [0, 0.1) is 0 Å². The third-order valence-corrected chi connectivity index (χ3v) is 6.31. The van der Waals surface area contributed by atoms with Gasteiger partial charge in [-0.05, 0) is 24.3 Å². The molecule has 1 aliphatic heterocycles. The van der Waals surface area contributed by atoms with E-state index in [9.17, 15) is 0 Å². The van der Waals surface area contributed by atoms with Crippen molar-refractivity contribution in [1.82, 2.24) is 24.3 Å². The molecule has 6 rings (SSSR count). The molecule has 1 aromatic carbocycles. The summed E-state index contributed by atoms with van der Waals surface area (Å²) in [5, 5.41) is 3.87. The highest BCUT2D eigenvalue weighted by atomic mass is 35.5. The van der Waals surface area contributed by atoms with Crippen LogP contribution in [0.4, 0.5) is 17.2 Å². The fourth-order valence-electron chi connectivity index (χ4n) is 4.25. The minimum absolute atomic E-state index is 0.464. The van der Waals surface area contributed by atoms with Crippen molar-refractivity contribution in [2.45, 2.75) is 0 Å². The second-order valence-electron chi connectivity index (χ2n) is 7.97. The van der Waals surface area contributed by atoms with Crippen LogP contribution in [0.15, 0.2) is 55.1 Å². The first-order chi connectivity index (χ1) is 16.7. The van der Waals surface area contributed by atoms with Crippen molar-refractivity contribution < 1.29 is 9.47 Å². The number of hydrogen-bond acceptors (Lipinski definition) is 7. The Morgan fingerprint density at radius 1 is 1.15 bits per heavy atom. The van der Waals surface area contributed by atoms with Gasteiger partial charge >= 0.3 is 0 Å². The molecule has 0 saturated carbocycles. The van der Waals surface area contributed by atoms with Crippen molar-refractivity contribution in [3.8, 4) is 17.0 Å². The highest BCUT2D eigenvalue weighted by Crippen LogP contribution is 2.35. The summed E-state index contributed by atoms with van der Waals surface area (Å²) in [5.74, 6) is 1.36. The number of imidazole rings is 1. The van der Waals surface area contributed by atoms with Crippen LogP contribution in [0.25, 0.3) is 27.9 Å². The third-order valence-electron chi connectivity index (χ3n) is 5.95. The van der Waals surface area contributed by atoms with Crippen LogP contribution in [0.1, 0.15) is 0 Å². The van der Waals surface area contributed by atoms with E-state index in [0.717, 1.165) is 46.8 Å². The molecule has 0 aliphatic carbocycles. The van der Waals surface area contributed by atoms with Gasteiger partial charge in [0.15, 0.2) is 11.5 Å². The normalized spacial score (nSPS) is 14.1. The lowest BCUT2D eigenvalue weighted by Crippen LogP contribution is -2.36. The molecule has 1 aliphatic rings. The fourth-order valence-corrected chi connectivity index (χ4v) is 4.54. The highest BCUT2D eigenvalue weighted by Gasteiger charge is 2.19. The van der Waals surface area contributed by atoms with E-state index in [-0.39, 0.29) is 0 Å². The molecule has 34 heavy (non-hydrogen) atoms. The van der Waals surface area contributed by atoms with Crippen LogP contribution in [0.3, 0.4) is 0 Å². The van der Waals surface area contributed by atoms with E-state index in [1.807, 2.05) is 41.1 Å². The van der Waals surface area contributed by atoms with Gasteiger partial charge in [-0.15, -0.1) is 0 Å². The van der Waals surface area contributed by atoms with Crippen molar-refractivity contribution >= 4 is 45.5 Å². The number of nitrogens with one attached hydrogen (secondary N) is 2. The van der Waals surface area contributed by atoms with Crippen LogP contribution in [0.5, 0.6) is 5.75 Å². The van der Waals surface area contributed by atoms with Gasteiger partial charge in [-0.3, -0.25) is 9.38 Å². The van der Waals surface area contributed by atoms with Gasteiger partial charge in [0.05, 0.1) is 37.0 Å². The SMILES string of the molecule is COc1cc(Nc2nc(-c3cnc4cc[nH]c4c3)c(Cl)n3ccnc23)ccc1N1CCOCC1. The molecule has 1 fully saturated rings. The maximum atomic E-state index is 6.73. The number of rotatable bonds is 5.